The van der Waals surface area contributed by atoms with E-state index in [-0.39, 0.29) is 0 Å². The summed E-state index contributed by atoms with van der Waals surface area (Å²) >= 11 is 1.27. The predicted octanol–water partition coefficient (Wildman–Crippen LogP) is 2.63. The number of hydrogen-bond acceptors (Lipinski definition) is 5. The first kappa shape index (κ1) is 10.2. The van der Waals surface area contributed by atoms with Crippen molar-refractivity contribution in [1.29, 1.82) is 10.5 Å². The van der Waals surface area contributed by atoms with Crippen molar-refractivity contribution in [3.63, 3.8) is 0 Å². The third kappa shape index (κ3) is 2.17. The quantitative estimate of drug-likeness (QED) is 0.854. The largest absolute Gasteiger partial charge is 0.331 e. The maximum absolute atomic E-state index is 8.74. The highest BCUT2D eigenvalue weighted by molar-refractivity contribution is 7.16. The Bertz CT molecular complexity index is 589. The summed E-state index contributed by atoms with van der Waals surface area (Å²) in [6.07, 6.45) is 1.52. The van der Waals surface area contributed by atoms with Gasteiger partial charge in [0.25, 0.3) is 0 Å². The monoisotopic (exact) mass is 226 g/mol. The van der Waals surface area contributed by atoms with Crippen molar-refractivity contribution in [1.82, 2.24) is 4.98 Å². The molecule has 1 aromatic heterocycles. The zero-order chi connectivity index (χ0) is 11.4. The summed E-state index contributed by atoms with van der Waals surface area (Å²) < 4.78 is 0. The van der Waals surface area contributed by atoms with Crippen molar-refractivity contribution in [2.75, 3.05) is 5.32 Å². The van der Waals surface area contributed by atoms with Crippen LogP contribution in [0.4, 0.5) is 10.8 Å². The first-order valence-electron chi connectivity index (χ1n) is 4.45. The standard InChI is InChI=1S/C11H6N4S/c12-5-8-2-1-3-9(4-8)15-11-14-7-10(6-13)16-11/h1-4,7H,(H,14,15). The molecule has 1 aromatic carbocycles. The van der Waals surface area contributed by atoms with Gasteiger partial charge in [-0.3, -0.25) is 0 Å². The molecule has 0 aliphatic rings. The van der Waals surface area contributed by atoms with Crippen LogP contribution < -0.4 is 5.32 Å². The second kappa shape index (κ2) is 4.43. The minimum absolute atomic E-state index is 0.555. The zero-order valence-electron chi connectivity index (χ0n) is 8.14. The summed E-state index contributed by atoms with van der Waals surface area (Å²) in [6.45, 7) is 0. The van der Waals surface area contributed by atoms with Gasteiger partial charge in [0.15, 0.2) is 5.13 Å². The van der Waals surface area contributed by atoms with Crippen LogP contribution in [0, 0.1) is 22.7 Å². The second-order valence-corrected chi connectivity index (χ2v) is 3.99. The summed E-state index contributed by atoms with van der Waals surface area (Å²) in [4.78, 5) is 4.59. The third-order valence-electron chi connectivity index (χ3n) is 1.86. The van der Waals surface area contributed by atoms with Crippen molar-refractivity contribution in [3.05, 3.63) is 40.9 Å². The van der Waals surface area contributed by atoms with E-state index in [4.69, 9.17) is 10.5 Å². The molecular weight excluding hydrogens is 220 g/mol. The molecule has 0 spiro atoms. The molecule has 2 rings (SSSR count). The fourth-order valence-electron chi connectivity index (χ4n) is 1.17. The lowest BCUT2D eigenvalue weighted by atomic mass is 10.2. The lowest BCUT2D eigenvalue weighted by Gasteiger charge is -2.01. The highest BCUT2D eigenvalue weighted by atomic mass is 32.1. The van der Waals surface area contributed by atoms with E-state index in [1.54, 1.807) is 18.2 Å². The number of rotatable bonds is 2. The minimum atomic E-state index is 0.555. The highest BCUT2D eigenvalue weighted by Crippen LogP contribution is 2.22. The van der Waals surface area contributed by atoms with Crippen molar-refractivity contribution in [3.8, 4) is 12.1 Å². The number of nitrogens with one attached hydrogen (secondary N) is 1. The van der Waals surface area contributed by atoms with Crippen molar-refractivity contribution < 1.29 is 0 Å². The van der Waals surface area contributed by atoms with Crippen LogP contribution in [0.2, 0.25) is 0 Å². The SMILES string of the molecule is N#Cc1cccc(Nc2ncc(C#N)s2)c1. The number of anilines is 2. The Hall–Kier alpha value is -2.37. The molecule has 5 heteroatoms. The maximum Gasteiger partial charge on any atom is 0.188 e. The van der Waals surface area contributed by atoms with Gasteiger partial charge in [-0.2, -0.15) is 10.5 Å². The molecule has 0 aliphatic heterocycles. The molecule has 0 aliphatic carbocycles. The molecular formula is C11H6N4S. The number of nitrogens with zero attached hydrogens (tertiary/aromatic N) is 3. The van der Waals surface area contributed by atoms with Crippen LogP contribution in [-0.4, -0.2) is 4.98 Å². The molecule has 0 fully saturated rings. The normalized spacial score (nSPS) is 9.12. The number of nitriles is 2. The van der Waals surface area contributed by atoms with E-state index in [1.807, 2.05) is 12.1 Å². The fourth-order valence-corrected chi connectivity index (χ4v) is 1.81. The summed E-state index contributed by atoms with van der Waals surface area (Å²) in [5.41, 5.74) is 1.37. The van der Waals surface area contributed by atoms with Crippen LogP contribution >= 0.6 is 11.3 Å². The molecule has 2 aromatic rings. The van der Waals surface area contributed by atoms with Crippen LogP contribution in [-0.2, 0) is 0 Å². The molecule has 0 atom stereocenters. The van der Waals surface area contributed by atoms with Crippen LogP contribution in [0.15, 0.2) is 30.5 Å². The predicted molar refractivity (Wildman–Crippen MR) is 61.3 cm³/mol. The lowest BCUT2D eigenvalue weighted by molar-refractivity contribution is 1.38. The molecule has 16 heavy (non-hydrogen) atoms. The van der Waals surface area contributed by atoms with Gasteiger partial charge in [-0.1, -0.05) is 17.4 Å². The Kier molecular flexibility index (Phi) is 2.81. The average Bonchev–Trinajstić information content (AvgIpc) is 2.77. The molecule has 0 amide bonds. The second-order valence-electron chi connectivity index (χ2n) is 2.96. The van der Waals surface area contributed by atoms with E-state index < -0.39 is 0 Å². The summed E-state index contributed by atoms with van der Waals surface area (Å²) in [5.74, 6) is 0. The molecule has 0 bridgehead atoms. The molecule has 0 radical (unpaired) electrons. The van der Waals surface area contributed by atoms with Gasteiger partial charge >= 0.3 is 0 Å². The van der Waals surface area contributed by atoms with Gasteiger partial charge < -0.3 is 5.32 Å². The summed E-state index contributed by atoms with van der Waals surface area (Å²) in [6, 6.07) is 11.2. The minimum Gasteiger partial charge on any atom is -0.331 e. The molecule has 1 N–H and O–H groups in total. The molecule has 0 saturated heterocycles. The number of hydrogen-bond donors (Lipinski definition) is 1. The Morgan fingerprint density at radius 3 is 2.81 bits per heavy atom. The van der Waals surface area contributed by atoms with E-state index in [9.17, 15) is 0 Å². The van der Waals surface area contributed by atoms with Gasteiger partial charge in [0.2, 0.25) is 0 Å². The number of thiazole rings is 1. The highest BCUT2D eigenvalue weighted by Gasteiger charge is 2.01. The Morgan fingerprint density at radius 2 is 2.12 bits per heavy atom. The molecule has 1 heterocycles. The fraction of sp³-hybridized carbons (Fsp3) is 0. The topological polar surface area (TPSA) is 72.5 Å². The van der Waals surface area contributed by atoms with Crippen LogP contribution in [0.1, 0.15) is 10.4 Å². The van der Waals surface area contributed by atoms with Crippen LogP contribution in [0.5, 0.6) is 0 Å². The van der Waals surface area contributed by atoms with E-state index >= 15 is 0 Å². The van der Waals surface area contributed by atoms with Crippen LogP contribution in [0.25, 0.3) is 0 Å². The van der Waals surface area contributed by atoms with Gasteiger partial charge in [0.1, 0.15) is 10.9 Å². The summed E-state index contributed by atoms with van der Waals surface area (Å²) in [5, 5.41) is 21.1. The molecule has 0 unspecified atom stereocenters. The van der Waals surface area contributed by atoms with Crippen molar-refractivity contribution in [2.24, 2.45) is 0 Å². The van der Waals surface area contributed by atoms with Gasteiger partial charge in [0, 0.05) is 5.69 Å². The van der Waals surface area contributed by atoms with Crippen molar-refractivity contribution >= 4 is 22.2 Å². The molecule has 0 saturated carbocycles. The van der Waals surface area contributed by atoms with E-state index in [0.29, 0.717) is 15.6 Å². The average molecular weight is 226 g/mol. The maximum atomic E-state index is 8.74. The van der Waals surface area contributed by atoms with Gasteiger partial charge in [-0.05, 0) is 18.2 Å². The lowest BCUT2D eigenvalue weighted by Crippen LogP contribution is -1.89. The van der Waals surface area contributed by atoms with Crippen LogP contribution in [0.3, 0.4) is 0 Å². The smallest absolute Gasteiger partial charge is 0.188 e. The zero-order valence-corrected chi connectivity index (χ0v) is 8.95. The number of benzene rings is 1. The Labute approximate surface area is 96.4 Å². The molecule has 4 nitrogen and oxygen atoms in total. The van der Waals surface area contributed by atoms with Crippen molar-refractivity contribution in [2.45, 2.75) is 0 Å². The van der Waals surface area contributed by atoms with E-state index in [0.717, 1.165) is 5.69 Å². The number of aromatic nitrogens is 1. The van der Waals surface area contributed by atoms with E-state index in [2.05, 4.69) is 16.4 Å². The third-order valence-corrected chi connectivity index (χ3v) is 2.68. The van der Waals surface area contributed by atoms with Gasteiger partial charge in [0.05, 0.1) is 17.8 Å². The summed E-state index contributed by atoms with van der Waals surface area (Å²) in [7, 11) is 0. The van der Waals surface area contributed by atoms with Gasteiger partial charge in [-0.25, -0.2) is 4.98 Å². The Morgan fingerprint density at radius 1 is 1.25 bits per heavy atom. The Balaban J connectivity index is 2.21. The first-order chi connectivity index (χ1) is 7.81. The first-order valence-corrected chi connectivity index (χ1v) is 5.26. The van der Waals surface area contributed by atoms with Gasteiger partial charge in [-0.15, -0.1) is 0 Å². The molecule has 76 valence electrons. The van der Waals surface area contributed by atoms with E-state index in [1.165, 1.54) is 17.5 Å².